The van der Waals surface area contributed by atoms with Crippen molar-refractivity contribution in [3.05, 3.63) is 17.6 Å². The second kappa shape index (κ2) is 5.33. The standard InChI is InChI=1S/C13H21N5/c1-9(2)6-4-5-7-11-10(3)17-13-15-8-16-18(13)12(11)14/h8-9H,4-7,14H2,1-3H3. The monoisotopic (exact) mass is 247 g/mol. The van der Waals surface area contributed by atoms with Gasteiger partial charge in [-0.05, 0) is 25.7 Å². The van der Waals surface area contributed by atoms with Crippen molar-refractivity contribution in [2.24, 2.45) is 5.92 Å². The van der Waals surface area contributed by atoms with Crippen LogP contribution in [0.25, 0.3) is 5.78 Å². The van der Waals surface area contributed by atoms with Crippen LogP contribution in [0.3, 0.4) is 0 Å². The molecule has 0 spiro atoms. The van der Waals surface area contributed by atoms with Crippen molar-refractivity contribution in [2.75, 3.05) is 5.73 Å². The molecule has 2 aromatic rings. The average Bonchev–Trinajstić information content (AvgIpc) is 2.75. The Bertz CT molecular complexity index is 529. The van der Waals surface area contributed by atoms with Gasteiger partial charge < -0.3 is 5.73 Å². The minimum Gasteiger partial charge on any atom is -0.383 e. The summed E-state index contributed by atoms with van der Waals surface area (Å²) in [4.78, 5) is 8.48. The van der Waals surface area contributed by atoms with Gasteiger partial charge in [0, 0.05) is 11.3 Å². The summed E-state index contributed by atoms with van der Waals surface area (Å²) in [5.41, 5.74) is 8.20. The third-order valence-electron chi connectivity index (χ3n) is 3.23. The van der Waals surface area contributed by atoms with E-state index >= 15 is 0 Å². The Morgan fingerprint density at radius 1 is 1.33 bits per heavy atom. The molecule has 5 heteroatoms. The Balaban J connectivity index is 2.12. The number of hydrogen-bond acceptors (Lipinski definition) is 4. The number of fused-ring (bicyclic) bond motifs is 1. The number of aryl methyl sites for hydroxylation is 1. The van der Waals surface area contributed by atoms with Crippen molar-refractivity contribution in [1.29, 1.82) is 0 Å². The van der Waals surface area contributed by atoms with E-state index in [2.05, 4.69) is 28.9 Å². The van der Waals surface area contributed by atoms with Gasteiger partial charge >= 0.3 is 0 Å². The molecule has 18 heavy (non-hydrogen) atoms. The van der Waals surface area contributed by atoms with Crippen LogP contribution in [0, 0.1) is 12.8 Å². The van der Waals surface area contributed by atoms with Crippen LogP contribution in [0.4, 0.5) is 5.82 Å². The molecule has 0 aromatic carbocycles. The van der Waals surface area contributed by atoms with Gasteiger partial charge in [-0.15, -0.1) is 0 Å². The second-order valence-corrected chi connectivity index (χ2v) is 5.17. The maximum Gasteiger partial charge on any atom is 0.254 e. The van der Waals surface area contributed by atoms with Crippen LogP contribution in [-0.4, -0.2) is 19.6 Å². The van der Waals surface area contributed by atoms with E-state index in [1.54, 1.807) is 4.52 Å². The first-order valence-corrected chi connectivity index (χ1v) is 6.54. The molecule has 0 atom stereocenters. The predicted molar refractivity (Wildman–Crippen MR) is 72.3 cm³/mol. The van der Waals surface area contributed by atoms with E-state index in [1.807, 2.05) is 6.92 Å². The molecule has 2 rings (SSSR count). The molecule has 0 saturated heterocycles. The van der Waals surface area contributed by atoms with Crippen LogP contribution in [0.2, 0.25) is 0 Å². The molecule has 0 unspecified atom stereocenters. The fourth-order valence-electron chi connectivity index (χ4n) is 2.18. The zero-order chi connectivity index (χ0) is 13.1. The van der Waals surface area contributed by atoms with Gasteiger partial charge in [0.1, 0.15) is 12.1 Å². The highest BCUT2D eigenvalue weighted by Gasteiger charge is 2.11. The molecule has 98 valence electrons. The number of nitrogen functional groups attached to an aromatic ring is 1. The highest BCUT2D eigenvalue weighted by Crippen LogP contribution is 2.19. The minimum atomic E-state index is 0.580. The Morgan fingerprint density at radius 3 is 2.83 bits per heavy atom. The normalized spacial score (nSPS) is 11.6. The zero-order valence-electron chi connectivity index (χ0n) is 11.3. The highest BCUT2D eigenvalue weighted by molar-refractivity contribution is 5.49. The quantitative estimate of drug-likeness (QED) is 0.824. The Kier molecular flexibility index (Phi) is 3.79. The Labute approximate surface area is 107 Å². The SMILES string of the molecule is Cc1nc2ncnn2c(N)c1CCCCC(C)C. The summed E-state index contributed by atoms with van der Waals surface area (Å²) in [6.45, 7) is 6.49. The van der Waals surface area contributed by atoms with Crippen LogP contribution in [0.5, 0.6) is 0 Å². The van der Waals surface area contributed by atoms with Crippen molar-refractivity contribution in [1.82, 2.24) is 19.6 Å². The molecule has 0 bridgehead atoms. The number of rotatable bonds is 5. The molecule has 0 amide bonds. The van der Waals surface area contributed by atoms with E-state index in [9.17, 15) is 0 Å². The number of unbranched alkanes of at least 4 members (excludes halogenated alkanes) is 1. The molecule has 0 aliphatic heterocycles. The minimum absolute atomic E-state index is 0.580. The topological polar surface area (TPSA) is 69.1 Å². The molecular weight excluding hydrogens is 226 g/mol. The predicted octanol–water partition coefficient (Wildman–Crippen LogP) is 2.38. The molecule has 2 heterocycles. The number of hydrogen-bond donors (Lipinski definition) is 1. The van der Waals surface area contributed by atoms with E-state index in [0.29, 0.717) is 11.6 Å². The van der Waals surface area contributed by atoms with Gasteiger partial charge in [0.15, 0.2) is 0 Å². The van der Waals surface area contributed by atoms with Crippen LogP contribution in [0.15, 0.2) is 6.33 Å². The van der Waals surface area contributed by atoms with Gasteiger partial charge in [0.05, 0.1) is 0 Å². The van der Waals surface area contributed by atoms with Crippen molar-refractivity contribution in [3.8, 4) is 0 Å². The highest BCUT2D eigenvalue weighted by atomic mass is 15.3. The number of aromatic nitrogens is 4. The van der Waals surface area contributed by atoms with E-state index in [0.717, 1.165) is 30.0 Å². The number of anilines is 1. The summed E-state index contributed by atoms with van der Waals surface area (Å²) < 4.78 is 1.62. The molecule has 0 fully saturated rings. The molecule has 2 N–H and O–H groups in total. The average molecular weight is 247 g/mol. The molecule has 0 aliphatic carbocycles. The lowest BCUT2D eigenvalue weighted by molar-refractivity contribution is 0.537. The zero-order valence-corrected chi connectivity index (χ0v) is 11.3. The Hall–Kier alpha value is -1.65. The summed E-state index contributed by atoms with van der Waals surface area (Å²) in [5.74, 6) is 2.02. The van der Waals surface area contributed by atoms with Gasteiger partial charge in [0.25, 0.3) is 5.78 Å². The largest absolute Gasteiger partial charge is 0.383 e. The third-order valence-corrected chi connectivity index (χ3v) is 3.23. The Morgan fingerprint density at radius 2 is 2.11 bits per heavy atom. The third kappa shape index (κ3) is 2.60. The van der Waals surface area contributed by atoms with Gasteiger partial charge in [-0.2, -0.15) is 14.6 Å². The second-order valence-electron chi connectivity index (χ2n) is 5.17. The van der Waals surface area contributed by atoms with Gasteiger partial charge in [-0.25, -0.2) is 4.98 Å². The molecule has 0 aliphatic rings. The summed E-state index contributed by atoms with van der Waals surface area (Å²) >= 11 is 0. The summed E-state index contributed by atoms with van der Waals surface area (Å²) in [7, 11) is 0. The number of nitrogens with two attached hydrogens (primary N) is 1. The van der Waals surface area contributed by atoms with Crippen LogP contribution >= 0.6 is 0 Å². The van der Waals surface area contributed by atoms with Gasteiger partial charge in [-0.1, -0.05) is 26.7 Å². The first-order chi connectivity index (χ1) is 8.59. The van der Waals surface area contributed by atoms with E-state index in [1.165, 1.54) is 19.2 Å². The first kappa shape index (κ1) is 12.8. The summed E-state index contributed by atoms with van der Waals surface area (Å²) in [5, 5.41) is 4.09. The maximum absolute atomic E-state index is 6.13. The lowest BCUT2D eigenvalue weighted by Gasteiger charge is -2.10. The van der Waals surface area contributed by atoms with Crippen LogP contribution in [0.1, 0.15) is 44.4 Å². The molecule has 2 aromatic heterocycles. The number of nitrogens with zero attached hydrogens (tertiary/aromatic N) is 4. The van der Waals surface area contributed by atoms with Crippen molar-refractivity contribution in [3.63, 3.8) is 0 Å². The van der Waals surface area contributed by atoms with Crippen molar-refractivity contribution in [2.45, 2.75) is 46.5 Å². The van der Waals surface area contributed by atoms with Gasteiger partial charge in [-0.3, -0.25) is 0 Å². The molecule has 0 saturated carbocycles. The van der Waals surface area contributed by atoms with Crippen molar-refractivity contribution >= 4 is 11.6 Å². The van der Waals surface area contributed by atoms with E-state index < -0.39 is 0 Å². The smallest absolute Gasteiger partial charge is 0.254 e. The fraction of sp³-hybridized carbons (Fsp3) is 0.615. The van der Waals surface area contributed by atoms with Crippen LogP contribution < -0.4 is 5.73 Å². The molecular formula is C13H21N5. The molecule has 5 nitrogen and oxygen atoms in total. The van der Waals surface area contributed by atoms with Crippen molar-refractivity contribution < 1.29 is 0 Å². The van der Waals surface area contributed by atoms with Gasteiger partial charge in [0.2, 0.25) is 0 Å². The van der Waals surface area contributed by atoms with Crippen LogP contribution in [-0.2, 0) is 6.42 Å². The lowest BCUT2D eigenvalue weighted by atomic mass is 10.0. The fourth-order valence-corrected chi connectivity index (χ4v) is 2.18. The summed E-state index contributed by atoms with van der Waals surface area (Å²) in [6, 6.07) is 0. The maximum atomic E-state index is 6.13. The first-order valence-electron chi connectivity index (χ1n) is 6.54. The van der Waals surface area contributed by atoms with E-state index in [4.69, 9.17) is 5.73 Å². The van der Waals surface area contributed by atoms with E-state index in [-0.39, 0.29) is 0 Å². The lowest BCUT2D eigenvalue weighted by Crippen LogP contribution is -2.08. The molecule has 0 radical (unpaired) electrons. The summed E-state index contributed by atoms with van der Waals surface area (Å²) in [6.07, 6.45) is 6.09.